The molecule has 2 rings (SSSR count). The van der Waals surface area contributed by atoms with E-state index in [1.807, 2.05) is 0 Å². The van der Waals surface area contributed by atoms with E-state index in [1.165, 1.54) is 18.2 Å². The Morgan fingerprint density at radius 1 is 1.19 bits per heavy atom. The molecule has 5 nitrogen and oxygen atoms in total. The number of sulfonamides is 1. The highest BCUT2D eigenvalue weighted by Crippen LogP contribution is 2.29. The number of allylic oxidation sites excluding steroid dienone is 1. The van der Waals surface area contributed by atoms with Crippen LogP contribution in [0.1, 0.15) is 10.4 Å². The quantitative estimate of drug-likeness (QED) is 0.556. The predicted molar refractivity (Wildman–Crippen MR) is 55.0 cm³/mol. The number of nitrogens with zero attached hydrogens (tertiary/aromatic N) is 1. The fraction of sp³-hybridized carbons (Fsp3) is 0. The number of aldehydes is 1. The molecule has 0 fully saturated rings. The van der Waals surface area contributed by atoms with Crippen LogP contribution in [0.4, 0.5) is 0 Å². The first kappa shape index (κ1) is 10.6. The van der Waals surface area contributed by atoms with E-state index in [1.54, 1.807) is 6.07 Å². The molecule has 1 aliphatic heterocycles. The fourth-order valence-corrected chi connectivity index (χ4v) is 2.91. The number of carbonyl (C=O) groups is 2. The van der Waals surface area contributed by atoms with Crippen molar-refractivity contribution in [2.75, 3.05) is 0 Å². The standard InChI is InChI=1S/C10H7NO4S/c12-7-3-6-11-10(13)8-4-1-2-5-9(8)16(11,14)15/h1-7H/b6-3+. The Morgan fingerprint density at radius 3 is 2.50 bits per heavy atom. The topological polar surface area (TPSA) is 71.5 Å². The summed E-state index contributed by atoms with van der Waals surface area (Å²) in [5.74, 6) is -0.645. The average molecular weight is 237 g/mol. The average Bonchev–Trinajstić information content (AvgIpc) is 2.46. The maximum atomic E-state index is 11.8. The highest BCUT2D eigenvalue weighted by molar-refractivity contribution is 7.90. The third-order valence-corrected chi connectivity index (χ3v) is 3.87. The van der Waals surface area contributed by atoms with Crippen LogP contribution < -0.4 is 0 Å². The minimum absolute atomic E-state index is 0.0319. The molecule has 6 heteroatoms. The van der Waals surface area contributed by atoms with E-state index in [4.69, 9.17) is 0 Å². The Bertz CT molecular complexity index is 589. The molecule has 0 spiro atoms. The van der Waals surface area contributed by atoms with Gasteiger partial charge in [-0.1, -0.05) is 12.1 Å². The van der Waals surface area contributed by atoms with Crippen molar-refractivity contribution >= 4 is 22.2 Å². The molecule has 0 aromatic heterocycles. The van der Waals surface area contributed by atoms with Gasteiger partial charge in [-0.2, -0.15) is 0 Å². The van der Waals surface area contributed by atoms with E-state index in [2.05, 4.69) is 0 Å². The lowest BCUT2D eigenvalue weighted by atomic mass is 10.2. The van der Waals surface area contributed by atoms with E-state index in [0.717, 1.165) is 12.3 Å². The van der Waals surface area contributed by atoms with Crippen molar-refractivity contribution in [1.29, 1.82) is 0 Å². The lowest BCUT2D eigenvalue weighted by molar-refractivity contribution is -0.104. The van der Waals surface area contributed by atoms with Crippen molar-refractivity contribution in [2.45, 2.75) is 4.90 Å². The number of fused-ring (bicyclic) bond motifs is 1. The molecule has 1 amide bonds. The zero-order valence-corrected chi connectivity index (χ0v) is 8.85. The Morgan fingerprint density at radius 2 is 1.88 bits per heavy atom. The van der Waals surface area contributed by atoms with E-state index < -0.39 is 15.9 Å². The molecule has 0 saturated heterocycles. The molecule has 0 radical (unpaired) electrons. The largest absolute Gasteiger partial charge is 0.299 e. The molecule has 0 unspecified atom stereocenters. The molecular formula is C10H7NO4S. The summed E-state index contributed by atoms with van der Waals surface area (Å²) in [4.78, 5) is 21.8. The predicted octanol–water partition coefficient (Wildman–Crippen LogP) is 0.544. The molecule has 1 heterocycles. The molecule has 82 valence electrons. The van der Waals surface area contributed by atoms with Crippen LogP contribution in [0.5, 0.6) is 0 Å². The van der Waals surface area contributed by atoms with Crippen molar-refractivity contribution < 1.29 is 18.0 Å². The first-order valence-electron chi connectivity index (χ1n) is 4.39. The molecule has 0 atom stereocenters. The smallest absolute Gasteiger partial charge is 0.273 e. The second-order valence-corrected chi connectivity index (χ2v) is 4.86. The van der Waals surface area contributed by atoms with E-state index in [9.17, 15) is 18.0 Å². The van der Waals surface area contributed by atoms with Crippen LogP contribution in [0.15, 0.2) is 41.4 Å². The van der Waals surface area contributed by atoms with E-state index >= 15 is 0 Å². The Balaban J connectivity index is 2.62. The molecule has 1 aromatic carbocycles. The van der Waals surface area contributed by atoms with Crippen molar-refractivity contribution in [3.63, 3.8) is 0 Å². The van der Waals surface area contributed by atoms with Crippen LogP contribution in [-0.2, 0) is 14.8 Å². The number of rotatable bonds is 2. The van der Waals surface area contributed by atoms with Gasteiger partial charge in [-0.05, 0) is 18.2 Å². The van der Waals surface area contributed by atoms with Crippen molar-refractivity contribution in [3.05, 3.63) is 42.1 Å². The van der Waals surface area contributed by atoms with Gasteiger partial charge in [-0.15, -0.1) is 0 Å². The van der Waals surface area contributed by atoms with Crippen LogP contribution >= 0.6 is 0 Å². The number of hydrogen-bond donors (Lipinski definition) is 0. The second-order valence-electron chi connectivity index (χ2n) is 3.08. The molecule has 16 heavy (non-hydrogen) atoms. The molecule has 1 aromatic rings. The summed E-state index contributed by atoms with van der Waals surface area (Å²) in [7, 11) is -3.83. The molecule has 0 bridgehead atoms. The summed E-state index contributed by atoms with van der Waals surface area (Å²) >= 11 is 0. The third kappa shape index (κ3) is 1.35. The maximum absolute atomic E-state index is 11.8. The van der Waals surface area contributed by atoms with Gasteiger partial charge < -0.3 is 0 Å². The lowest BCUT2D eigenvalue weighted by Crippen LogP contribution is -2.24. The van der Waals surface area contributed by atoms with Gasteiger partial charge in [-0.3, -0.25) is 9.59 Å². The number of hydrogen-bond acceptors (Lipinski definition) is 4. The Labute approximate surface area is 92.0 Å². The van der Waals surface area contributed by atoms with Gasteiger partial charge in [0, 0.05) is 6.20 Å². The van der Waals surface area contributed by atoms with Crippen molar-refractivity contribution in [3.8, 4) is 0 Å². The summed E-state index contributed by atoms with van der Waals surface area (Å²) in [6, 6.07) is 5.91. The molecule has 0 aliphatic carbocycles. The zero-order chi connectivity index (χ0) is 11.8. The highest BCUT2D eigenvalue weighted by atomic mass is 32.2. The number of benzene rings is 1. The van der Waals surface area contributed by atoms with Crippen molar-refractivity contribution in [2.24, 2.45) is 0 Å². The van der Waals surface area contributed by atoms with Gasteiger partial charge in [0.15, 0.2) is 0 Å². The monoisotopic (exact) mass is 237 g/mol. The van der Waals surface area contributed by atoms with Gasteiger partial charge >= 0.3 is 0 Å². The molecule has 0 N–H and O–H groups in total. The molecular weight excluding hydrogens is 230 g/mol. The zero-order valence-electron chi connectivity index (χ0n) is 8.03. The van der Waals surface area contributed by atoms with E-state index in [-0.39, 0.29) is 10.5 Å². The Kier molecular flexibility index (Phi) is 2.35. The van der Waals surface area contributed by atoms with Crippen LogP contribution in [0, 0.1) is 0 Å². The minimum atomic E-state index is -3.83. The second kappa shape index (κ2) is 3.57. The summed E-state index contributed by atoms with van der Waals surface area (Å²) < 4.78 is 24.2. The van der Waals surface area contributed by atoms with Crippen LogP contribution in [0.25, 0.3) is 0 Å². The van der Waals surface area contributed by atoms with Crippen molar-refractivity contribution in [1.82, 2.24) is 4.31 Å². The summed E-state index contributed by atoms with van der Waals surface area (Å²) in [6.45, 7) is 0. The summed E-state index contributed by atoms with van der Waals surface area (Å²) in [5.41, 5.74) is 0.123. The SMILES string of the molecule is O=C/C=C/N1C(=O)c2ccccc2S1(=O)=O. The minimum Gasteiger partial charge on any atom is -0.299 e. The van der Waals surface area contributed by atoms with Crippen LogP contribution in [0.2, 0.25) is 0 Å². The number of amides is 1. The fourth-order valence-electron chi connectivity index (χ4n) is 1.46. The van der Waals surface area contributed by atoms with E-state index in [0.29, 0.717) is 10.6 Å². The van der Waals surface area contributed by atoms with Gasteiger partial charge in [-0.25, -0.2) is 12.7 Å². The van der Waals surface area contributed by atoms with Gasteiger partial charge in [0.1, 0.15) is 11.2 Å². The molecule has 0 saturated carbocycles. The van der Waals surface area contributed by atoms with Gasteiger partial charge in [0.2, 0.25) is 0 Å². The van der Waals surface area contributed by atoms with Gasteiger partial charge in [0.05, 0.1) is 5.56 Å². The van der Waals surface area contributed by atoms with Gasteiger partial charge in [0.25, 0.3) is 15.9 Å². The Hall–Kier alpha value is -1.95. The van der Waals surface area contributed by atoms with Crippen LogP contribution in [0.3, 0.4) is 0 Å². The summed E-state index contributed by atoms with van der Waals surface area (Å²) in [6.07, 6.45) is 2.32. The highest BCUT2D eigenvalue weighted by Gasteiger charge is 2.39. The summed E-state index contributed by atoms with van der Waals surface area (Å²) in [5, 5.41) is 0. The third-order valence-electron chi connectivity index (χ3n) is 2.15. The normalized spacial score (nSPS) is 17.8. The van der Waals surface area contributed by atoms with Crippen LogP contribution in [-0.4, -0.2) is 24.9 Å². The molecule has 1 aliphatic rings. The number of carbonyl (C=O) groups excluding carboxylic acids is 2. The maximum Gasteiger partial charge on any atom is 0.273 e. The first-order valence-corrected chi connectivity index (χ1v) is 5.83. The lowest BCUT2D eigenvalue weighted by Gasteiger charge is -2.07. The first-order chi connectivity index (χ1) is 7.59.